The van der Waals surface area contributed by atoms with Crippen molar-refractivity contribution in [3.05, 3.63) is 40.2 Å². The van der Waals surface area contributed by atoms with E-state index in [-0.39, 0.29) is 17.6 Å². The van der Waals surface area contributed by atoms with Gasteiger partial charge in [0.25, 0.3) is 5.91 Å². The molecule has 2 heterocycles. The Bertz CT molecular complexity index is 748. The van der Waals surface area contributed by atoms with Crippen LogP contribution in [-0.2, 0) is 17.6 Å². The molecule has 25 heavy (non-hydrogen) atoms. The maximum Gasteiger partial charge on any atom is 0.341 e. The molecule has 0 radical (unpaired) electrons. The van der Waals surface area contributed by atoms with Gasteiger partial charge in [0.1, 0.15) is 5.00 Å². The second kappa shape index (κ2) is 7.87. The normalized spacial score (nSPS) is 16.3. The zero-order valence-electron chi connectivity index (χ0n) is 14.6. The van der Waals surface area contributed by atoms with Crippen molar-refractivity contribution < 1.29 is 18.7 Å². The number of hydrogen-bond donors (Lipinski definition) is 1. The molecule has 6 heteroatoms. The van der Waals surface area contributed by atoms with Crippen LogP contribution in [0.3, 0.4) is 0 Å². The Hall–Kier alpha value is -2.08. The zero-order chi connectivity index (χ0) is 17.8. The zero-order valence-corrected chi connectivity index (χ0v) is 15.4. The van der Waals surface area contributed by atoms with Crippen LogP contribution in [0.15, 0.2) is 22.8 Å². The molecule has 0 bridgehead atoms. The van der Waals surface area contributed by atoms with Crippen molar-refractivity contribution in [3.8, 4) is 0 Å². The van der Waals surface area contributed by atoms with E-state index < -0.39 is 0 Å². The van der Waals surface area contributed by atoms with E-state index in [0.717, 1.165) is 37.7 Å². The maximum absolute atomic E-state index is 12.6. The summed E-state index contributed by atoms with van der Waals surface area (Å²) in [7, 11) is 0. The molecule has 3 rings (SSSR count). The first-order valence-electron chi connectivity index (χ1n) is 8.80. The van der Waals surface area contributed by atoms with Gasteiger partial charge in [-0.2, -0.15) is 0 Å². The Morgan fingerprint density at radius 2 is 2.24 bits per heavy atom. The third-order valence-corrected chi connectivity index (χ3v) is 5.73. The molecule has 0 unspecified atom stereocenters. The predicted molar refractivity (Wildman–Crippen MR) is 97.4 cm³/mol. The van der Waals surface area contributed by atoms with Crippen molar-refractivity contribution in [2.45, 2.75) is 46.0 Å². The van der Waals surface area contributed by atoms with Gasteiger partial charge < -0.3 is 14.5 Å². The van der Waals surface area contributed by atoms with Gasteiger partial charge in [-0.3, -0.25) is 4.79 Å². The molecule has 5 nitrogen and oxygen atoms in total. The summed E-state index contributed by atoms with van der Waals surface area (Å²) < 4.78 is 10.5. The first-order valence-corrected chi connectivity index (χ1v) is 9.62. The van der Waals surface area contributed by atoms with Crippen molar-refractivity contribution in [1.29, 1.82) is 0 Å². The van der Waals surface area contributed by atoms with Crippen molar-refractivity contribution in [2.24, 2.45) is 5.92 Å². The van der Waals surface area contributed by atoms with Gasteiger partial charge in [-0.1, -0.05) is 20.3 Å². The van der Waals surface area contributed by atoms with Gasteiger partial charge in [-0.25, -0.2) is 4.79 Å². The van der Waals surface area contributed by atoms with E-state index in [9.17, 15) is 9.59 Å². The summed E-state index contributed by atoms with van der Waals surface area (Å²) in [6.07, 6.45) is 6.24. The van der Waals surface area contributed by atoms with Crippen molar-refractivity contribution in [1.82, 2.24) is 0 Å². The van der Waals surface area contributed by atoms with Crippen LogP contribution in [0.25, 0.3) is 0 Å². The number of furan rings is 1. The van der Waals surface area contributed by atoms with Crippen molar-refractivity contribution in [3.63, 3.8) is 0 Å². The van der Waals surface area contributed by atoms with E-state index in [1.165, 1.54) is 22.5 Å². The lowest BCUT2D eigenvalue weighted by Crippen LogP contribution is -2.17. The summed E-state index contributed by atoms with van der Waals surface area (Å²) >= 11 is 1.49. The average Bonchev–Trinajstić information content (AvgIpc) is 3.26. The molecule has 0 fully saturated rings. The second-order valence-corrected chi connectivity index (χ2v) is 7.40. The van der Waals surface area contributed by atoms with Gasteiger partial charge in [0, 0.05) is 4.88 Å². The SMILES string of the molecule is CCCOC(=O)c1c(NC(=O)c2ccco2)sc2c1CC[C@H](CC)C2. The van der Waals surface area contributed by atoms with Gasteiger partial charge in [0.05, 0.1) is 18.4 Å². The molecule has 1 atom stereocenters. The molecule has 1 amide bonds. The molecule has 0 aromatic carbocycles. The number of hydrogen-bond acceptors (Lipinski definition) is 5. The molecule has 1 N–H and O–H groups in total. The minimum atomic E-state index is -0.347. The fourth-order valence-electron chi connectivity index (χ4n) is 3.15. The van der Waals surface area contributed by atoms with Crippen molar-refractivity contribution in [2.75, 3.05) is 11.9 Å². The monoisotopic (exact) mass is 361 g/mol. The van der Waals surface area contributed by atoms with Crippen LogP contribution < -0.4 is 5.32 Å². The lowest BCUT2D eigenvalue weighted by Gasteiger charge is -2.21. The minimum absolute atomic E-state index is 0.227. The molecule has 2 aromatic heterocycles. The van der Waals surface area contributed by atoms with E-state index >= 15 is 0 Å². The highest BCUT2D eigenvalue weighted by molar-refractivity contribution is 7.17. The predicted octanol–water partition coefficient (Wildman–Crippen LogP) is 4.68. The quantitative estimate of drug-likeness (QED) is 0.759. The van der Waals surface area contributed by atoms with E-state index in [1.54, 1.807) is 12.1 Å². The van der Waals surface area contributed by atoms with Crippen LogP contribution in [0.1, 0.15) is 64.5 Å². The highest BCUT2D eigenvalue weighted by Crippen LogP contribution is 2.41. The summed E-state index contributed by atoms with van der Waals surface area (Å²) in [5.41, 5.74) is 1.58. The molecule has 0 spiro atoms. The number of nitrogens with one attached hydrogen (secondary N) is 1. The van der Waals surface area contributed by atoms with Crippen LogP contribution >= 0.6 is 11.3 Å². The summed E-state index contributed by atoms with van der Waals surface area (Å²) in [5.74, 6) is 0.175. The van der Waals surface area contributed by atoms with Crippen LogP contribution in [0, 0.1) is 5.92 Å². The Balaban J connectivity index is 1.91. The number of rotatable bonds is 6. The summed E-state index contributed by atoms with van der Waals surface area (Å²) in [6.45, 7) is 4.54. The first-order chi connectivity index (χ1) is 12.1. The lowest BCUT2D eigenvalue weighted by molar-refractivity contribution is 0.0505. The summed E-state index contributed by atoms with van der Waals surface area (Å²) in [5, 5.41) is 3.42. The molecule has 134 valence electrons. The highest BCUT2D eigenvalue weighted by Gasteiger charge is 2.30. The van der Waals surface area contributed by atoms with Gasteiger partial charge in [0.2, 0.25) is 0 Å². The van der Waals surface area contributed by atoms with E-state index in [4.69, 9.17) is 9.15 Å². The molecule has 0 saturated heterocycles. The number of fused-ring (bicyclic) bond motifs is 1. The van der Waals surface area contributed by atoms with Gasteiger partial charge in [-0.05, 0) is 49.3 Å². The number of thiophene rings is 1. The second-order valence-electron chi connectivity index (χ2n) is 6.29. The summed E-state index contributed by atoms with van der Waals surface area (Å²) in [4.78, 5) is 26.1. The molecule has 2 aromatic rings. The summed E-state index contributed by atoms with van der Waals surface area (Å²) in [6, 6.07) is 3.27. The molecule has 1 aliphatic rings. The van der Waals surface area contributed by atoms with Crippen molar-refractivity contribution >= 4 is 28.2 Å². The Morgan fingerprint density at radius 3 is 2.92 bits per heavy atom. The molecule has 1 aliphatic carbocycles. The van der Waals surface area contributed by atoms with Gasteiger partial charge in [-0.15, -0.1) is 11.3 Å². The largest absolute Gasteiger partial charge is 0.462 e. The van der Waals surface area contributed by atoms with Crippen LogP contribution in [0.4, 0.5) is 5.00 Å². The lowest BCUT2D eigenvalue weighted by atomic mass is 9.85. The highest BCUT2D eigenvalue weighted by atomic mass is 32.1. The van der Waals surface area contributed by atoms with Gasteiger partial charge in [0.15, 0.2) is 5.76 Å². The molecule has 0 aliphatic heterocycles. The Kier molecular flexibility index (Phi) is 5.58. The van der Waals surface area contributed by atoms with Gasteiger partial charge >= 0.3 is 5.97 Å². The smallest absolute Gasteiger partial charge is 0.341 e. The fourth-order valence-corrected chi connectivity index (χ4v) is 4.49. The molecular weight excluding hydrogens is 338 g/mol. The standard InChI is InChI=1S/C19H23NO4S/c1-3-9-24-19(22)16-13-8-7-12(4-2)11-15(13)25-18(16)20-17(21)14-6-5-10-23-14/h5-6,10,12H,3-4,7-9,11H2,1-2H3,(H,20,21)/t12-/m0/s1. The fraction of sp³-hybridized carbons (Fsp3) is 0.474. The minimum Gasteiger partial charge on any atom is -0.462 e. The number of carbonyl (C=O) groups is 2. The molecule has 0 saturated carbocycles. The Labute approximate surface area is 151 Å². The third kappa shape index (κ3) is 3.79. The van der Waals surface area contributed by atoms with E-state index in [2.05, 4.69) is 12.2 Å². The van der Waals surface area contributed by atoms with E-state index in [1.807, 2.05) is 6.92 Å². The Morgan fingerprint density at radius 1 is 1.40 bits per heavy atom. The number of amides is 1. The average molecular weight is 361 g/mol. The van der Waals surface area contributed by atoms with Crippen LogP contribution in [0.5, 0.6) is 0 Å². The topological polar surface area (TPSA) is 68.5 Å². The number of esters is 1. The third-order valence-electron chi connectivity index (χ3n) is 4.56. The van der Waals surface area contributed by atoms with Crippen LogP contribution in [-0.4, -0.2) is 18.5 Å². The molecular formula is C19H23NO4S. The number of anilines is 1. The first kappa shape index (κ1) is 17.7. The maximum atomic E-state index is 12.6. The van der Waals surface area contributed by atoms with Crippen LogP contribution in [0.2, 0.25) is 0 Å². The number of ether oxygens (including phenoxy) is 1. The van der Waals surface area contributed by atoms with E-state index in [0.29, 0.717) is 23.1 Å². The number of carbonyl (C=O) groups excluding carboxylic acids is 2.